The van der Waals surface area contributed by atoms with Gasteiger partial charge in [0.25, 0.3) is 0 Å². The lowest BCUT2D eigenvalue weighted by Gasteiger charge is -1.78. The van der Waals surface area contributed by atoms with E-state index in [-0.39, 0.29) is 0 Å². The molecule has 0 aromatic heterocycles. The number of hydrogen-bond donors (Lipinski definition) is 0. The van der Waals surface area contributed by atoms with E-state index in [1.165, 1.54) is 0 Å². The summed E-state index contributed by atoms with van der Waals surface area (Å²) in [6.45, 7) is 0. The molecule has 1 aromatic carbocycles. The molecule has 0 bridgehead atoms. The van der Waals surface area contributed by atoms with Crippen molar-refractivity contribution in [3.8, 4) is 0 Å². The quantitative estimate of drug-likeness (QED) is 0.479. The number of benzene rings is 1. The predicted molar refractivity (Wildman–Crippen MR) is 29.1 cm³/mol. The molecule has 0 N–H and O–H groups in total. The van der Waals surface area contributed by atoms with Gasteiger partial charge in [-0.1, -0.05) is 17.7 Å². The Morgan fingerprint density at radius 2 is 2.43 bits per heavy atom. The van der Waals surface area contributed by atoms with Crippen LogP contribution in [0.3, 0.4) is 0 Å². The van der Waals surface area contributed by atoms with Gasteiger partial charge in [0.15, 0.2) is 0 Å². The van der Waals surface area contributed by atoms with Crippen molar-refractivity contribution < 1.29 is 0 Å². The van der Waals surface area contributed by atoms with Crippen molar-refractivity contribution in [3.05, 3.63) is 35.4 Å². The summed E-state index contributed by atoms with van der Waals surface area (Å²) in [5, 5.41) is 0.638. The highest BCUT2D eigenvalue weighted by Gasteiger charge is 1.76. The molecule has 0 unspecified atom stereocenters. The summed E-state index contributed by atoms with van der Waals surface area (Å²) in [6.07, 6.45) is 0. The molecule has 34 valence electrons. The molecule has 0 aliphatic carbocycles. The maximum atomic E-state index is 5.46. The van der Waals surface area contributed by atoms with Crippen LogP contribution in [0.1, 0.15) is 0 Å². The average Bonchev–Trinajstić information content (AvgIpc) is 1.69. The van der Waals surface area contributed by atoms with E-state index in [0.29, 0.717) is 5.02 Å². The van der Waals surface area contributed by atoms with Gasteiger partial charge in [-0.05, 0) is 18.2 Å². The van der Waals surface area contributed by atoms with Crippen LogP contribution in [0.15, 0.2) is 18.2 Å². The molecular weight excluding hydrogens is 108 g/mol. The standard InChI is InChI=1S/C6H3Cl/c7-6-4-2-1-3-5-6/h2-4H. The molecule has 0 nitrogen and oxygen atoms in total. The second-order valence-corrected chi connectivity index (χ2v) is 1.54. The first-order valence-electron chi connectivity index (χ1n) is 1.93. The molecule has 0 aliphatic rings. The zero-order valence-electron chi connectivity index (χ0n) is 3.61. The van der Waals surface area contributed by atoms with Crippen LogP contribution in [0.4, 0.5) is 0 Å². The summed E-state index contributed by atoms with van der Waals surface area (Å²) in [6, 6.07) is 10.7. The van der Waals surface area contributed by atoms with Gasteiger partial charge in [-0.15, -0.1) is 0 Å². The fourth-order valence-corrected chi connectivity index (χ4v) is 0.446. The summed E-state index contributed by atoms with van der Waals surface area (Å²) < 4.78 is 0. The van der Waals surface area contributed by atoms with Crippen molar-refractivity contribution in [2.45, 2.75) is 0 Å². The molecule has 0 atom stereocenters. The summed E-state index contributed by atoms with van der Waals surface area (Å²) in [4.78, 5) is 0. The van der Waals surface area contributed by atoms with E-state index in [4.69, 9.17) is 11.6 Å². The molecule has 0 aliphatic heterocycles. The molecule has 1 heteroatoms. The summed E-state index contributed by atoms with van der Waals surface area (Å²) in [5.74, 6) is 0. The maximum Gasteiger partial charge on any atom is 0.0485 e. The lowest BCUT2D eigenvalue weighted by atomic mass is 10.4. The van der Waals surface area contributed by atoms with Crippen molar-refractivity contribution in [3.63, 3.8) is 0 Å². The van der Waals surface area contributed by atoms with E-state index in [1.807, 2.05) is 0 Å². The zero-order valence-corrected chi connectivity index (χ0v) is 4.37. The SMILES string of the molecule is Clc1[c]c[c]cc1. The molecule has 1 aromatic rings. The van der Waals surface area contributed by atoms with Crippen molar-refractivity contribution in [1.82, 2.24) is 0 Å². The zero-order chi connectivity index (χ0) is 5.11. The van der Waals surface area contributed by atoms with Gasteiger partial charge in [-0.2, -0.15) is 0 Å². The highest BCUT2D eigenvalue weighted by molar-refractivity contribution is 6.30. The molecule has 0 saturated carbocycles. The van der Waals surface area contributed by atoms with Crippen LogP contribution >= 0.6 is 11.6 Å². The lowest BCUT2D eigenvalue weighted by Crippen LogP contribution is -1.57. The van der Waals surface area contributed by atoms with Gasteiger partial charge in [0, 0.05) is 11.1 Å². The Hall–Kier alpha value is -0.490. The van der Waals surface area contributed by atoms with Crippen molar-refractivity contribution in [1.29, 1.82) is 0 Å². The molecule has 1 rings (SSSR count). The third-order valence-electron chi connectivity index (χ3n) is 0.619. The van der Waals surface area contributed by atoms with Crippen molar-refractivity contribution in [2.75, 3.05) is 0 Å². The van der Waals surface area contributed by atoms with E-state index < -0.39 is 0 Å². The summed E-state index contributed by atoms with van der Waals surface area (Å²) in [7, 11) is 0. The minimum Gasteiger partial charge on any atom is -0.0837 e. The highest BCUT2D eigenvalue weighted by atomic mass is 35.5. The monoisotopic (exact) mass is 110 g/mol. The van der Waals surface area contributed by atoms with Crippen LogP contribution in [0.5, 0.6) is 0 Å². The van der Waals surface area contributed by atoms with Gasteiger partial charge in [-0.25, -0.2) is 0 Å². The highest BCUT2D eigenvalue weighted by Crippen LogP contribution is 2.02. The topological polar surface area (TPSA) is 0 Å². The van der Waals surface area contributed by atoms with Crippen LogP contribution in [0.25, 0.3) is 0 Å². The van der Waals surface area contributed by atoms with Gasteiger partial charge < -0.3 is 0 Å². The Bertz CT molecular complexity index is 134. The number of halogens is 1. The Morgan fingerprint density at radius 1 is 1.57 bits per heavy atom. The molecule has 0 fully saturated rings. The van der Waals surface area contributed by atoms with Gasteiger partial charge in [0.2, 0.25) is 0 Å². The van der Waals surface area contributed by atoms with Crippen LogP contribution in [0, 0.1) is 12.1 Å². The van der Waals surface area contributed by atoms with Gasteiger partial charge >= 0.3 is 0 Å². The van der Waals surface area contributed by atoms with Gasteiger partial charge in [-0.3, -0.25) is 0 Å². The third kappa shape index (κ3) is 1.20. The Balaban J connectivity index is 3.02. The predicted octanol–water partition coefficient (Wildman–Crippen LogP) is 1.94. The first kappa shape index (κ1) is 4.66. The average molecular weight is 111 g/mol. The Labute approximate surface area is 47.7 Å². The molecular formula is C6H3Cl. The van der Waals surface area contributed by atoms with E-state index in [2.05, 4.69) is 12.1 Å². The summed E-state index contributed by atoms with van der Waals surface area (Å²) in [5.41, 5.74) is 0. The molecule has 7 heavy (non-hydrogen) atoms. The number of rotatable bonds is 0. The lowest BCUT2D eigenvalue weighted by molar-refractivity contribution is 1.68. The second kappa shape index (κ2) is 1.99. The molecule has 0 saturated heterocycles. The number of hydrogen-bond acceptors (Lipinski definition) is 0. The Kier molecular flexibility index (Phi) is 1.32. The molecule has 0 spiro atoms. The second-order valence-electron chi connectivity index (χ2n) is 1.14. The van der Waals surface area contributed by atoms with Crippen molar-refractivity contribution in [2.24, 2.45) is 0 Å². The normalized spacial score (nSPS) is 8.71. The first-order chi connectivity index (χ1) is 3.39. The van der Waals surface area contributed by atoms with E-state index in [0.717, 1.165) is 0 Å². The van der Waals surface area contributed by atoms with Crippen LogP contribution in [-0.4, -0.2) is 0 Å². The van der Waals surface area contributed by atoms with E-state index in [1.54, 1.807) is 18.2 Å². The molecule has 2 radical (unpaired) electrons. The maximum absolute atomic E-state index is 5.46. The largest absolute Gasteiger partial charge is 0.0837 e. The molecule has 0 amide bonds. The fourth-order valence-electron chi connectivity index (χ4n) is 0.328. The minimum absolute atomic E-state index is 0.638. The molecule has 0 heterocycles. The van der Waals surface area contributed by atoms with Crippen LogP contribution < -0.4 is 0 Å². The van der Waals surface area contributed by atoms with Crippen LogP contribution in [0.2, 0.25) is 5.02 Å². The van der Waals surface area contributed by atoms with Gasteiger partial charge in [0.1, 0.15) is 0 Å². The smallest absolute Gasteiger partial charge is 0.0485 e. The minimum atomic E-state index is 0.638. The Morgan fingerprint density at radius 3 is 2.71 bits per heavy atom. The van der Waals surface area contributed by atoms with Gasteiger partial charge in [0.05, 0.1) is 0 Å². The van der Waals surface area contributed by atoms with Crippen molar-refractivity contribution >= 4 is 11.6 Å². The fraction of sp³-hybridized carbons (Fsp3) is 0. The first-order valence-corrected chi connectivity index (χ1v) is 2.30. The van der Waals surface area contributed by atoms with Crippen LogP contribution in [-0.2, 0) is 0 Å². The summed E-state index contributed by atoms with van der Waals surface area (Å²) >= 11 is 5.46. The van der Waals surface area contributed by atoms with E-state index in [9.17, 15) is 0 Å². The van der Waals surface area contributed by atoms with E-state index >= 15 is 0 Å². The third-order valence-corrected chi connectivity index (χ3v) is 0.854.